The van der Waals surface area contributed by atoms with E-state index in [4.69, 9.17) is 9.26 Å². The Hall–Kier alpha value is -1.19. The van der Waals surface area contributed by atoms with Crippen LogP contribution in [0.2, 0.25) is 0 Å². The first-order chi connectivity index (χ1) is 10.8. The molecule has 0 spiro atoms. The number of nitrogens with zero attached hydrogens (tertiary/aromatic N) is 5. The standard InChI is InChI=1S/C13H19N5O2S2/c1-3-19-9(2)11-14-10(20-17-11)8-21-13-16-15-12(22-13)18-6-4-5-7-18/h9H,3-8H2,1-2H3. The smallest absolute Gasteiger partial charge is 0.237 e. The first-order valence-electron chi connectivity index (χ1n) is 7.41. The molecule has 0 saturated carbocycles. The summed E-state index contributed by atoms with van der Waals surface area (Å²) in [6, 6.07) is 0. The zero-order valence-electron chi connectivity index (χ0n) is 12.7. The van der Waals surface area contributed by atoms with Gasteiger partial charge in [0.15, 0.2) is 10.2 Å². The van der Waals surface area contributed by atoms with Gasteiger partial charge in [0.1, 0.15) is 6.10 Å². The second kappa shape index (κ2) is 7.38. The predicted molar refractivity (Wildman–Crippen MR) is 85.3 cm³/mol. The molecule has 2 aromatic heterocycles. The molecule has 0 aromatic carbocycles. The molecular weight excluding hydrogens is 322 g/mol. The van der Waals surface area contributed by atoms with E-state index in [0.29, 0.717) is 24.1 Å². The summed E-state index contributed by atoms with van der Waals surface area (Å²) in [6.45, 7) is 6.66. The number of aromatic nitrogens is 4. The van der Waals surface area contributed by atoms with E-state index in [9.17, 15) is 0 Å². The van der Waals surface area contributed by atoms with Crippen LogP contribution in [0.3, 0.4) is 0 Å². The monoisotopic (exact) mass is 341 g/mol. The van der Waals surface area contributed by atoms with E-state index in [-0.39, 0.29) is 6.10 Å². The van der Waals surface area contributed by atoms with Crippen molar-refractivity contribution in [2.24, 2.45) is 0 Å². The van der Waals surface area contributed by atoms with E-state index in [1.54, 1.807) is 23.1 Å². The fraction of sp³-hybridized carbons (Fsp3) is 0.692. The summed E-state index contributed by atoms with van der Waals surface area (Å²) in [5.41, 5.74) is 0. The molecule has 0 amide bonds. The number of hydrogen-bond donors (Lipinski definition) is 0. The molecule has 1 unspecified atom stereocenters. The average Bonchev–Trinajstić information content (AvgIpc) is 3.25. The van der Waals surface area contributed by atoms with Gasteiger partial charge in [0, 0.05) is 19.7 Å². The first-order valence-corrected chi connectivity index (χ1v) is 9.22. The SMILES string of the molecule is CCOC(C)c1noc(CSc2nnc(N3CCCC3)s2)n1. The Kier molecular flexibility index (Phi) is 5.27. The Morgan fingerprint density at radius 2 is 2.18 bits per heavy atom. The molecular formula is C13H19N5O2S2. The Bertz CT molecular complexity index is 597. The lowest BCUT2D eigenvalue weighted by molar-refractivity contribution is 0.0683. The van der Waals surface area contributed by atoms with Crippen molar-refractivity contribution in [3.8, 4) is 0 Å². The maximum absolute atomic E-state index is 5.45. The third kappa shape index (κ3) is 3.76. The van der Waals surface area contributed by atoms with Crippen LogP contribution in [0.4, 0.5) is 5.13 Å². The van der Waals surface area contributed by atoms with Crippen LogP contribution in [0.15, 0.2) is 8.86 Å². The van der Waals surface area contributed by atoms with Gasteiger partial charge in [0.05, 0.1) is 5.75 Å². The molecule has 7 nitrogen and oxygen atoms in total. The van der Waals surface area contributed by atoms with Crippen molar-refractivity contribution in [1.82, 2.24) is 20.3 Å². The molecule has 3 heterocycles. The van der Waals surface area contributed by atoms with Crippen LogP contribution in [0.25, 0.3) is 0 Å². The first kappa shape index (κ1) is 15.7. The van der Waals surface area contributed by atoms with Gasteiger partial charge in [0.25, 0.3) is 0 Å². The van der Waals surface area contributed by atoms with Crippen molar-refractivity contribution >= 4 is 28.2 Å². The second-order valence-corrected chi connectivity index (χ2v) is 7.16. The molecule has 1 aliphatic rings. The van der Waals surface area contributed by atoms with Crippen molar-refractivity contribution in [2.75, 3.05) is 24.6 Å². The van der Waals surface area contributed by atoms with E-state index in [0.717, 1.165) is 22.6 Å². The van der Waals surface area contributed by atoms with Gasteiger partial charge in [-0.2, -0.15) is 4.98 Å². The third-order valence-electron chi connectivity index (χ3n) is 3.36. The largest absolute Gasteiger partial charge is 0.371 e. The minimum atomic E-state index is -0.143. The number of hydrogen-bond acceptors (Lipinski definition) is 9. The van der Waals surface area contributed by atoms with Gasteiger partial charge in [-0.3, -0.25) is 0 Å². The van der Waals surface area contributed by atoms with Crippen molar-refractivity contribution in [2.45, 2.75) is 42.9 Å². The molecule has 22 heavy (non-hydrogen) atoms. The molecule has 120 valence electrons. The molecule has 0 N–H and O–H groups in total. The highest BCUT2D eigenvalue weighted by Crippen LogP contribution is 2.31. The van der Waals surface area contributed by atoms with Crippen LogP contribution in [-0.4, -0.2) is 40.0 Å². The fourth-order valence-electron chi connectivity index (χ4n) is 2.24. The highest BCUT2D eigenvalue weighted by Gasteiger charge is 2.18. The van der Waals surface area contributed by atoms with Crippen molar-refractivity contribution < 1.29 is 9.26 Å². The maximum atomic E-state index is 5.45. The summed E-state index contributed by atoms with van der Waals surface area (Å²) in [7, 11) is 0. The van der Waals surface area contributed by atoms with E-state index < -0.39 is 0 Å². The molecule has 9 heteroatoms. The van der Waals surface area contributed by atoms with Gasteiger partial charge in [0.2, 0.25) is 11.0 Å². The van der Waals surface area contributed by atoms with Crippen LogP contribution < -0.4 is 4.90 Å². The number of rotatable bonds is 7. The van der Waals surface area contributed by atoms with Crippen LogP contribution in [0.5, 0.6) is 0 Å². The van der Waals surface area contributed by atoms with Gasteiger partial charge >= 0.3 is 0 Å². The summed E-state index contributed by atoms with van der Waals surface area (Å²) in [4.78, 5) is 6.64. The molecule has 0 aliphatic carbocycles. The van der Waals surface area contributed by atoms with Gasteiger partial charge in [-0.25, -0.2) is 0 Å². The Balaban J connectivity index is 1.54. The summed E-state index contributed by atoms with van der Waals surface area (Å²) in [6.07, 6.45) is 2.34. The predicted octanol–water partition coefficient (Wildman–Crippen LogP) is 2.91. The summed E-state index contributed by atoms with van der Waals surface area (Å²) in [5.74, 6) is 1.78. The summed E-state index contributed by atoms with van der Waals surface area (Å²) in [5, 5.41) is 13.4. The van der Waals surface area contributed by atoms with Gasteiger partial charge in [-0.1, -0.05) is 28.3 Å². The zero-order chi connectivity index (χ0) is 15.4. The van der Waals surface area contributed by atoms with E-state index in [2.05, 4.69) is 25.2 Å². The second-order valence-electron chi connectivity index (χ2n) is 4.98. The molecule has 1 saturated heterocycles. The zero-order valence-corrected chi connectivity index (χ0v) is 14.3. The third-order valence-corrected chi connectivity index (χ3v) is 5.46. The van der Waals surface area contributed by atoms with E-state index in [1.807, 2.05) is 13.8 Å². The van der Waals surface area contributed by atoms with Crippen molar-refractivity contribution in [3.63, 3.8) is 0 Å². The minimum Gasteiger partial charge on any atom is -0.371 e. The average molecular weight is 341 g/mol. The van der Waals surface area contributed by atoms with Gasteiger partial charge in [-0.15, -0.1) is 10.2 Å². The highest BCUT2D eigenvalue weighted by molar-refractivity contribution is 8.00. The quantitative estimate of drug-likeness (QED) is 0.712. The molecule has 2 aromatic rings. The topological polar surface area (TPSA) is 77.2 Å². The molecule has 0 radical (unpaired) electrons. The van der Waals surface area contributed by atoms with Crippen molar-refractivity contribution in [1.29, 1.82) is 0 Å². The van der Waals surface area contributed by atoms with Gasteiger partial charge < -0.3 is 14.2 Å². The van der Waals surface area contributed by atoms with Crippen molar-refractivity contribution in [3.05, 3.63) is 11.7 Å². The molecule has 1 aliphatic heterocycles. The lowest BCUT2D eigenvalue weighted by Gasteiger charge is -2.10. The Labute approximate surface area is 137 Å². The number of anilines is 1. The van der Waals surface area contributed by atoms with Crippen LogP contribution in [0.1, 0.15) is 44.5 Å². The van der Waals surface area contributed by atoms with Crippen LogP contribution in [0, 0.1) is 0 Å². The minimum absolute atomic E-state index is 0.143. The molecule has 1 atom stereocenters. The molecule has 1 fully saturated rings. The van der Waals surface area contributed by atoms with Crippen LogP contribution in [-0.2, 0) is 10.5 Å². The van der Waals surface area contributed by atoms with E-state index >= 15 is 0 Å². The number of thioether (sulfide) groups is 1. The normalized spacial score (nSPS) is 16.4. The Morgan fingerprint density at radius 1 is 1.36 bits per heavy atom. The lowest BCUT2D eigenvalue weighted by Crippen LogP contribution is -2.17. The Morgan fingerprint density at radius 3 is 2.95 bits per heavy atom. The maximum Gasteiger partial charge on any atom is 0.237 e. The van der Waals surface area contributed by atoms with Crippen LogP contribution >= 0.6 is 23.1 Å². The summed E-state index contributed by atoms with van der Waals surface area (Å²) < 4.78 is 11.6. The van der Waals surface area contributed by atoms with Gasteiger partial charge in [-0.05, 0) is 26.7 Å². The lowest BCUT2D eigenvalue weighted by atomic mass is 10.4. The fourth-order valence-corrected chi connectivity index (χ4v) is 3.97. The molecule has 0 bridgehead atoms. The highest BCUT2D eigenvalue weighted by atomic mass is 32.2. The van der Waals surface area contributed by atoms with E-state index in [1.165, 1.54) is 12.8 Å². The summed E-state index contributed by atoms with van der Waals surface area (Å²) >= 11 is 3.20. The number of ether oxygens (including phenoxy) is 1. The molecule has 3 rings (SSSR count).